The van der Waals surface area contributed by atoms with Gasteiger partial charge in [0.2, 0.25) is 0 Å². The maximum Gasteiger partial charge on any atom is 0.136 e. The lowest BCUT2D eigenvalue weighted by Crippen LogP contribution is -2.23. The highest BCUT2D eigenvalue weighted by atomic mass is 16.3. The first-order valence-corrected chi connectivity index (χ1v) is 6.04. The molecule has 0 saturated heterocycles. The molecule has 17 heavy (non-hydrogen) atoms. The van der Waals surface area contributed by atoms with Crippen molar-refractivity contribution < 1.29 is 5.11 Å². The molecule has 0 radical (unpaired) electrons. The van der Waals surface area contributed by atoms with Crippen LogP contribution in [0.4, 0.5) is 5.82 Å². The van der Waals surface area contributed by atoms with Crippen molar-refractivity contribution in [2.45, 2.75) is 20.5 Å². The largest absolute Gasteiger partial charge is 0.392 e. The number of aromatic nitrogens is 1. The first kappa shape index (κ1) is 11.9. The molecule has 0 atom stereocenters. The van der Waals surface area contributed by atoms with Gasteiger partial charge in [-0.1, -0.05) is 24.3 Å². The van der Waals surface area contributed by atoms with Gasteiger partial charge >= 0.3 is 0 Å². The summed E-state index contributed by atoms with van der Waals surface area (Å²) in [4.78, 5) is 6.71. The van der Waals surface area contributed by atoms with Crippen LogP contribution in [0.3, 0.4) is 0 Å². The Morgan fingerprint density at radius 1 is 1.12 bits per heavy atom. The number of nitrogens with zero attached hydrogens (tertiary/aromatic N) is 2. The molecule has 2 aromatic rings. The first-order valence-electron chi connectivity index (χ1n) is 6.04. The third-order valence-electron chi connectivity index (χ3n) is 3.09. The Balaban J connectivity index is 2.66. The van der Waals surface area contributed by atoms with Gasteiger partial charge in [0.1, 0.15) is 5.82 Å². The number of hydrogen-bond acceptors (Lipinski definition) is 3. The molecule has 0 aliphatic carbocycles. The van der Waals surface area contributed by atoms with Crippen LogP contribution in [-0.2, 0) is 6.61 Å². The molecule has 0 amide bonds. The molecule has 0 spiro atoms. The molecular formula is C14H18N2O. The van der Waals surface area contributed by atoms with Crippen molar-refractivity contribution in [1.29, 1.82) is 0 Å². The lowest BCUT2D eigenvalue weighted by Gasteiger charge is -2.22. The number of rotatable bonds is 4. The third-order valence-corrected chi connectivity index (χ3v) is 3.09. The summed E-state index contributed by atoms with van der Waals surface area (Å²) in [6.45, 7) is 6.16. The molecular weight excluding hydrogens is 212 g/mol. The number of hydrogen-bond donors (Lipinski definition) is 1. The lowest BCUT2D eigenvalue weighted by atomic mass is 10.1. The fraction of sp³-hybridized carbons (Fsp3) is 0.357. The zero-order chi connectivity index (χ0) is 12.3. The van der Waals surface area contributed by atoms with Crippen molar-refractivity contribution in [3.8, 4) is 0 Å². The van der Waals surface area contributed by atoms with E-state index in [1.165, 1.54) is 0 Å². The minimum absolute atomic E-state index is 0.0338. The van der Waals surface area contributed by atoms with Gasteiger partial charge in [-0.3, -0.25) is 0 Å². The zero-order valence-electron chi connectivity index (χ0n) is 10.3. The number of fused-ring (bicyclic) bond motifs is 1. The van der Waals surface area contributed by atoms with Crippen molar-refractivity contribution in [3.05, 3.63) is 36.0 Å². The van der Waals surface area contributed by atoms with Gasteiger partial charge in [0.15, 0.2) is 0 Å². The maximum absolute atomic E-state index is 9.33. The molecule has 1 heterocycles. The van der Waals surface area contributed by atoms with Crippen LogP contribution in [0.15, 0.2) is 30.5 Å². The van der Waals surface area contributed by atoms with Crippen LogP contribution in [0.1, 0.15) is 19.4 Å². The second-order valence-electron chi connectivity index (χ2n) is 3.98. The van der Waals surface area contributed by atoms with E-state index < -0.39 is 0 Å². The summed E-state index contributed by atoms with van der Waals surface area (Å²) >= 11 is 0. The van der Waals surface area contributed by atoms with Crippen LogP contribution in [0.5, 0.6) is 0 Å². The van der Waals surface area contributed by atoms with E-state index in [1.807, 2.05) is 18.2 Å². The Hall–Kier alpha value is -1.61. The molecule has 0 unspecified atom stereocenters. The predicted molar refractivity (Wildman–Crippen MR) is 71.2 cm³/mol. The van der Waals surface area contributed by atoms with Crippen molar-refractivity contribution in [2.75, 3.05) is 18.0 Å². The van der Waals surface area contributed by atoms with Crippen LogP contribution in [0.25, 0.3) is 10.8 Å². The molecule has 0 saturated carbocycles. The van der Waals surface area contributed by atoms with Crippen LogP contribution in [0, 0.1) is 0 Å². The van der Waals surface area contributed by atoms with Crippen LogP contribution >= 0.6 is 0 Å². The summed E-state index contributed by atoms with van der Waals surface area (Å²) in [5.41, 5.74) is 0.886. The maximum atomic E-state index is 9.33. The quantitative estimate of drug-likeness (QED) is 0.877. The fourth-order valence-electron chi connectivity index (χ4n) is 2.14. The third kappa shape index (κ3) is 2.11. The average Bonchev–Trinajstić information content (AvgIpc) is 2.40. The average molecular weight is 230 g/mol. The summed E-state index contributed by atoms with van der Waals surface area (Å²) in [6, 6.07) is 8.11. The number of aliphatic hydroxyl groups excluding tert-OH is 1. The molecule has 3 nitrogen and oxygen atoms in total. The SMILES string of the molecule is CCN(CC)c1ncc(CO)c2ccccc12. The van der Waals surface area contributed by atoms with E-state index in [4.69, 9.17) is 0 Å². The Morgan fingerprint density at radius 2 is 1.76 bits per heavy atom. The monoisotopic (exact) mass is 230 g/mol. The first-order chi connectivity index (χ1) is 8.31. The molecule has 0 bridgehead atoms. The highest BCUT2D eigenvalue weighted by Gasteiger charge is 2.10. The Morgan fingerprint density at radius 3 is 2.35 bits per heavy atom. The zero-order valence-corrected chi connectivity index (χ0v) is 10.3. The molecule has 3 heteroatoms. The normalized spacial score (nSPS) is 10.8. The van der Waals surface area contributed by atoms with Crippen molar-refractivity contribution in [3.63, 3.8) is 0 Å². The van der Waals surface area contributed by atoms with Crippen LogP contribution in [0.2, 0.25) is 0 Å². The van der Waals surface area contributed by atoms with Gasteiger partial charge in [-0.05, 0) is 19.2 Å². The van der Waals surface area contributed by atoms with E-state index in [0.29, 0.717) is 0 Å². The summed E-state index contributed by atoms with van der Waals surface area (Å²) < 4.78 is 0. The molecule has 0 aliphatic heterocycles. The van der Waals surface area contributed by atoms with Gasteiger partial charge in [0, 0.05) is 30.2 Å². The van der Waals surface area contributed by atoms with E-state index in [9.17, 15) is 5.11 Å². The van der Waals surface area contributed by atoms with Gasteiger partial charge < -0.3 is 10.0 Å². The molecule has 2 rings (SSSR count). The number of anilines is 1. The second kappa shape index (κ2) is 5.15. The minimum atomic E-state index is 0.0338. The van der Waals surface area contributed by atoms with Crippen LogP contribution in [-0.4, -0.2) is 23.2 Å². The summed E-state index contributed by atoms with van der Waals surface area (Å²) in [5.74, 6) is 1.00. The summed E-state index contributed by atoms with van der Waals surface area (Å²) in [6.07, 6.45) is 1.77. The number of aliphatic hydroxyl groups is 1. The van der Waals surface area contributed by atoms with E-state index in [-0.39, 0.29) is 6.61 Å². The molecule has 1 aromatic heterocycles. The lowest BCUT2D eigenvalue weighted by molar-refractivity contribution is 0.283. The van der Waals surface area contributed by atoms with E-state index in [1.54, 1.807) is 6.20 Å². The van der Waals surface area contributed by atoms with E-state index in [0.717, 1.165) is 35.2 Å². The molecule has 90 valence electrons. The minimum Gasteiger partial charge on any atom is -0.392 e. The van der Waals surface area contributed by atoms with E-state index >= 15 is 0 Å². The summed E-state index contributed by atoms with van der Waals surface area (Å²) in [5, 5.41) is 11.5. The smallest absolute Gasteiger partial charge is 0.136 e. The molecule has 0 fully saturated rings. The van der Waals surface area contributed by atoms with E-state index in [2.05, 4.69) is 29.8 Å². The van der Waals surface area contributed by atoms with Gasteiger partial charge in [-0.2, -0.15) is 0 Å². The Labute approximate surface area is 102 Å². The highest BCUT2D eigenvalue weighted by molar-refractivity contribution is 5.94. The second-order valence-corrected chi connectivity index (χ2v) is 3.98. The standard InChI is InChI=1S/C14H18N2O/c1-3-16(4-2)14-13-8-6-5-7-12(13)11(10-17)9-15-14/h5-9,17H,3-4,10H2,1-2H3. The van der Waals surface area contributed by atoms with Gasteiger partial charge in [0.05, 0.1) is 6.61 Å². The predicted octanol–water partition coefficient (Wildman–Crippen LogP) is 2.57. The topological polar surface area (TPSA) is 36.4 Å². The molecule has 0 aliphatic rings. The Bertz CT molecular complexity index is 507. The van der Waals surface area contributed by atoms with Gasteiger partial charge in [-0.25, -0.2) is 4.98 Å². The summed E-state index contributed by atoms with van der Waals surface area (Å²) in [7, 11) is 0. The number of pyridine rings is 1. The van der Waals surface area contributed by atoms with Gasteiger partial charge in [-0.15, -0.1) is 0 Å². The molecule has 1 N–H and O–H groups in total. The van der Waals surface area contributed by atoms with Gasteiger partial charge in [0.25, 0.3) is 0 Å². The van der Waals surface area contributed by atoms with Crippen molar-refractivity contribution in [2.24, 2.45) is 0 Å². The van der Waals surface area contributed by atoms with Crippen molar-refractivity contribution in [1.82, 2.24) is 4.98 Å². The molecule has 1 aromatic carbocycles. The Kier molecular flexibility index (Phi) is 3.59. The van der Waals surface area contributed by atoms with Crippen LogP contribution < -0.4 is 4.90 Å². The fourth-order valence-corrected chi connectivity index (χ4v) is 2.14. The number of benzene rings is 1. The highest BCUT2D eigenvalue weighted by Crippen LogP contribution is 2.26. The van der Waals surface area contributed by atoms with Crippen molar-refractivity contribution >= 4 is 16.6 Å².